The lowest BCUT2D eigenvalue weighted by atomic mass is 9.96. The van der Waals surface area contributed by atoms with Crippen LogP contribution in [0.3, 0.4) is 0 Å². The average Bonchev–Trinajstić information content (AvgIpc) is 2.51. The van der Waals surface area contributed by atoms with Crippen molar-refractivity contribution in [3.63, 3.8) is 0 Å². The number of rotatable bonds is 2. The number of nitrogens with one attached hydrogen (secondary N) is 1. The quantitative estimate of drug-likeness (QED) is 0.598. The van der Waals surface area contributed by atoms with Gasteiger partial charge in [-0.2, -0.15) is 0 Å². The molecule has 2 heteroatoms. The molecule has 2 nitrogen and oxygen atoms in total. The molecule has 0 amide bonds. The van der Waals surface area contributed by atoms with Crippen LogP contribution in [0.5, 0.6) is 0 Å². The summed E-state index contributed by atoms with van der Waals surface area (Å²) in [5.41, 5.74) is 9.31. The topological polar surface area (TPSA) is 38.0 Å². The molecule has 1 fully saturated rings. The first kappa shape index (κ1) is 12.3. The van der Waals surface area contributed by atoms with Crippen molar-refractivity contribution in [3.05, 3.63) is 23.8 Å². The van der Waals surface area contributed by atoms with Gasteiger partial charge in [0.1, 0.15) is 0 Å². The lowest BCUT2D eigenvalue weighted by Crippen LogP contribution is -2.26. The fourth-order valence-electron chi connectivity index (χ4n) is 2.71. The predicted octanol–water partition coefficient (Wildman–Crippen LogP) is 3.96. The van der Waals surface area contributed by atoms with Gasteiger partial charge in [-0.3, -0.25) is 0 Å². The Labute approximate surface area is 105 Å². The maximum absolute atomic E-state index is 6.12. The molecule has 0 aliphatic heterocycles. The van der Waals surface area contributed by atoms with Crippen LogP contribution in [-0.4, -0.2) is 6.04 Å². The Kier molecular flexibility index (Phi) is 3.93. The number of aryl methyl sites for hydroxylation is 1. The summed E-state index contributed by atoms with van der Waals surface area (Å²) in [7, 11) is 0. The molecule has 0 heterocycles. The van der Waals surface area contributed by atoms with Crippen molar-refractivity contribution in [1.82, 2.24) is 0 Å². The van der Waals surface area contributed by atoms with Gasteiger partial charge in [0.25, 0.3) is 0 Å². The maximum Gasteiger partial charge on any atom is 0.0579 e. The summed E-state index contributed by atoms with van der Waals surface area (Å²) in [5, 5.41) is 3.65. The average molecular weight is 232 g/mol. The normalized spacial score (nSPS) is 25.3. The molecule has 1 aromatic carbocycles. The molecular weight excluding hydrogens is 208 g/mol. The van der Waals surface area contributed by atoms with Gasteiger partial charge in [0.15, 0.2) is 0 Å². The third-order valence-corrected chi connectivity index (χ3v) is 4.03. The van der Waals surface area contributed by atoms with E-state index in [0.717, 1.165) is 22.9 Å². The minimum atomic E-state index is 0.585. The van der Waals surface area contributed by atoms with Crippen LogP contribution < -0.4 is 11.1 Å². The largest absolute Gasteiger partial charge is 0.397 e. The second kappa shape index (κ2) is 5.44. The van der Waals surface area contributed by atoms with Gasteiger partial charge in [0.2, 0.25) is 0 Å². The Morgan fingerprint density at radius 2 is 1.94 bits per heavy atom. The number of nitrogen functional groups attached to an aromatic ring is 1. The second-order valence-electron chi connectivity index (χ2n) is 5.40. The Bertz CT molecular complexity index is 373. The van der Waals surface area contributed by atoms with Gasteiger partial charge in [-0.25, -0.2) is 0 Å². The van der Waals surface area contributed by atoms with Crippen molar-refractivity contribution in [1.29, 1.82) is 0 Å². The van der Waals surface area contributed by atoms with E-state index in [1.807, 2.05) is 0 Å². The SMILES string of the molecule is Cc1cccc(NC2CCCCCC2C)c1N. The van der Waals surface area contributed by atoms with E-state index in [1.165, 1.54) is 32.1 Å². The zero-order valence-electron chi connectivity index (χ0n) is 11.0. The molecule has 1 aliphatic rings. The molecular formula is C15H24N2. The summed E-state index contributed by atoms with van der Waals surface area (Å²) in [6.45, 7) is 4.42. The van der Waals surface area contributed by atoms with Crippen molar-refractivity contribution in [2.24, 2.45) is 5.92 Å². The van der Waals surface area contributed by atoms with E-state index in [4.69, 9.17) is 5.73 Å². The highest BCUT2D eigenvalue weighted by atomic mass is 14.9. The lowest BCUT2D eigenvalue weighted by Gasteiger charge is -2.25. The van der Waals surface area contributed by atoms with Gasteiger partial charge in [-0.15, -0.1) is 0 Å². The van der Waals surface area contributed by atoms with E-state index >= 15 is 0 Å². The summed E-state index contributed by atoms with van der Waals surface area (Å²) < 4.78 is 0. The monoisotopic (exact) mass is 232 g/mol. The van der Waals surface area contributed by atoms with E-state index in [0.29, 0.717) is 6.04 Å². The van der Waals surface area contributed by atoms with Gasteiger partial charge < -0.3 is 11.1 Å². The molecule has 0 aromatic heterocycles. The first-order chi connectivity index (χ1) is 8.18. The van der Waals surface area contributed by atoms with Gasteiger partial charge in [-0.1, -0.05) is 38.3 Å². The Hall–Kier alpha value is -1.18. The van der Waals surface area contributed by atoms with Gasteiger partial charge in [0, 0.05) is 6.04 Å². The van der Waals surface area contributed by atoms with Crippen LogP contribution >= 0.6 is 0 Å². The summed E-state index contributed by atoms with van der Waals surface area (Å²) in [4.78, 5) is 0. The van der Waals surface area contributed by atoms with Gasteiger partial charge in [-0.05, 0) is 37.3 Å². The number of anilines is 2. The zero-order chi connectivity index (χ0) is 12.3. The van der Waals surface area contributed by atoms with E-state index < -0.39 is 0 Å². The molecule has 1 aliphatic carbocycles. The predicted molar refractivity (Wildman–Crippen MR) is 75.3 cm³/mol. The van der Waals surface area contributed by atoms with Crippen LogP contribution in [0.2, 0.25) is 0 Å². The maximum atomic E-state index is 6.12. The van der Waals surface area contributed by atoms with Crippen LogP contribution in [0.25, 0.3) is 0 Å². The van der Waals surface area contributed by atoms with E-state index in [9.17, 15) is 0 Å². The molecule has 2 atom stereocenters. The molecule has 1 saturated carbocycles. The zero-order valence-corrected chi connectivity index (χ0v) is 11.0. The number of benzene rings is 1. The molecule has 94 valence electrons. The van der Waals surface area contributed by atoms with Crippen molar-refractivity contribution in [2.75, 3.05) is 11.1 Å². The summed E-state index contributed by atoms with van der Waals surface area (Å²) in [6.07, 6.45) is 6.71. The molecule has 3 N–H and O–H groups in total. The van der Waals surface area contributed by atoms with Crippen LogP contribution in [0.4, 0.5) is 11.4 Å². The minimum absolute atomic E-state index is 0.585. The molecule has 17 heavy (non-hydrogen) atoms. The van der Waals surface area contributed by atoms with E-state index in [-0.39, 0.29) is 0 Å². The summed E-state index contributed by atoms with van der Waals surface area (Å²) in [5.74, 6) is 0.748. The minimum Gasteiger partial charge on any atom is -0.397 e. The van der Waals surface area contributed by atoms with Gasteiger partial charge >= 0.3 is 0 Å². The third-order valence-electron chi connectivity index (χ3n) is 4.03. The molecule has 0 spiro atoms. The van der Waals surface area contributed by atoms with Crippen LogP contribution in [0.15, 0.2) is 18.2 Å². The Balaban J connectivity index is 2.10. The lowest BCUT2D eigenvalue weighted by molar-refractivity contribution is 0.457. The summed E-state index contributed by atoms with van der Waals surface area (Å²) in [6, 6.07) is 6.83. The van der Waals surface area contributed by atoms with Crippen LogP contribution in [-0.2, 0) is 0 Å². The highest BCUT2D eigenvalue weighted by Gasteiger charge is 2.20. The van der Waals surface area contributed by atoms with Crippen molar-refractivity contribution in [3.8, 4) is 0 Å². The van der Waals surface area contributed by atoms with Crippen LogP contribution in [0.1, 0.15) is 44.6 Å². The standard InChI is InChI=1S/C15H24N2/c1-11-7-4-3-5-9-13(11)17-14-10-6-8-12(2)15(14)16/h6,8,10-11,13,17H,3-5,7,9,16H2,1-2H3. The molecule has 0 radical (unpaired) electrons. The molecule has 2 rings (SSSR count). The second-order valence-corrected chi connectivity index (χ2v) is 5.40. The van der Waals surface area contributed by atoms with Crippen molar-refractivity contribution in [2.45, 2.75) is 52.0 Å². The highest BCUT2D eigenvalue weighted by molar-refractivity contribution is 5.69. The van der Waals surface area contributed by atoms with E-state index in [1.54, 1.807) is 0 Å². The molecule has 0 saturated heterocycles. The summed E-state index contributed by atoms with van der Waals surface area (Å²) >= 11 is 0. The van der Waals surface area contributed by atoms with E-state index in [2.05, 4.69) is 37.4 Å². The fraction of sp³-hybridized carbons (Fsp3) is 0.600. The smallest absolute Gasteiger partial charge is 0.0579 e. The third kappa shape index (κ3) is 2.93. The molecule has 0 bridgehead atoms. The van der Waals surface area contributed by atoms with Crippen molar-refractivity contribution >= 4 is 11.4 Å². The molecule has 2 unspecified atom stereocenters. The Morgan fingerprint density at radius 1 is 1.18 bits per heavy atom. The highest BCUT2D eigenvalue weighted by Crippen LogP contribution is 2.29. The number of hydrogen-bond donors (Lipinski definition) is 2. The number of para-hydroxylation sites is 1. The number of hydrogen-bond acceptors (Lipinski definition) is 2. The fourth-order valence-corrected chi connectivity index (χ4v) is 2.71. The van der Waals surface area contributed by atoms with Crippen molar-refractivity contribution < 1.29 is 0 Å². The Morgan fingerprint density at radius 3 is 2.76 bits per heavy atom. The first-order valence-corrected chi connectivity index (χ1v) is 6.80. The van der Waals surface area contributed by atoms with Gasteiger partial charge in [0.05, 0.1) is 11.4 Å². The molecule has 1 aromatic rings. The first-order valence-electron chi connectivity index (χ1n) is 6.80. The van der Waals surface area contributed by atoms with Crippen LogP contribution in [0, 0.1) is 12.8 Å². The number of nitrogens with two attached hydrogens (primary N) is 1.